The van der Waals surface area contributed by atoms with Crippen molar-refractivity contribution in [1.29, 1.82) is 0 Å². The Bertz CT molecular complexity index is 626. The van der Waals surface area contributed by atoms with Gasteiger partial charge >= 0.3 is 12.1 Å². The summed E-state index contributed by atoms with van der Waals surface area (Å²) in [6.45, 7) is 0. The minimum atomic E-state index is -4.45. The molecule has 1 aliphatic heterocycles. The van der Waals surface area contributed by atoms with E-state index in [2.05, 4.69) is 5.32 Å². The van der Waals surface area contributed by atoms with Gasteiger partial charge in [-0.05, 0) is 24.3 Å². The van der Waals surface area contributed by atoms with Crippen LogP contribution in [0, 0.1) is 0 Å². The molecule has 0 radical (unpaired) electrons. The van der Waals surface area contributed by atoms with Crippen molar-refractivity contribution < 1.29 is 27.9 Å². The van der Waals surface area contributed by atoms with E-state index in [1.807, 2.05) is 0 Å². The SMILES string of the molecule is O=C(O)C1=C(C(=O)Nc2ccc(C(F)(F)F)cc2)SCCS1. The van der Waals surface area contributed by atoms with Crippen molar-refractivity contribution in [3.8, 4) is 0 Å². The second-order valence-electron chi connectivity index (χ2n) is 4.19. The van der Waals surface area contributed by atoms with Gasteiger partial charge in [0, 0.05) is 17.2 Å². The van der Waals surface area contributed by atoms with Crippen molar-refractivity contribution in [3.05, 3.63) is 39.6 Å². The molecule has 1 aromatic rings. The lowest BCUT2D eigenvalue weighted by Crippen LogP contribution is -2.19. The number of carboxylic acids is 1. The van der Waals surface area contributed by atoms with E-state index in [1.54, 1.807) is 0 Å². The average molecular weight is 349 g/mol. The summed E-state index contributed by atoms with van der Waals surface area (Å²) >= 11 is 2.19. The van der Waals surface area contributed by atoms with Gasteiger partial charge in [0.25, 0.3) is 5.91 Å². The zero-order chi connectivity index (χ0) is 16.3. The number of hydrogen-bond acceptors (Lipinski definition) is 4. The summed E-state index contributed by atoms with van der Waals surface area (Å²) in [5.74, 6) is -0.635. The van der Waals surface area contributed by atoms with Crippen LogP contribution >= 0.6 is 23.5 Å². The van der Waals surface area contributed by atoms with Crippen LogP contribution in [0.15, 0.2) is 34.1 Å². The molecule has 4 nitrogen and oxygen atoms in total. The zero-order valence-electron chi connectivity index (χ0n) is 10.9. The van der Waals surface area contributed by atoms with Gasteiger partial charge in [-0.2, -0.15) is 13.2 Å². The normalized spacial score (nSPS) is 15.6. The van der Waals surface area contributed by atoms with E-state index in [0.717, 1.165) is 47.8 Å². The number of halogens is 3. The third kappa shape index (κ3) is 3.98. The highest BCUT2D eigenvalue weighted by Crippen LogP contribution is 2.35. The Balaban J connectivity index is 2.16. The number of aliphatic carboxylic acids is 1. The summed E-state index contributed by atoms with van der Waals surface area (Å²) in [5.41, 5.74) is -0.648. The van der Waals surface area contributed by atoms with E-state index in [9.17, 15) is 22.8 Å². The van der Waals surface area contributed by atoms with Crippen LogP contribution in [0.2, 0.25) is 0 Å². The quantitative estimate of drug-likeness (QED) is 0.875. The van der Waals surface area contributed by atoms with E-state index in [1.165, 1.54) is 0 Å². The molecule has 1 aromatic carbocycles. The van der Waals surface area contributed by atoms with E-state index in [-0.39, 0.29) is 15.5 Å². The lowest BCUT2D eigenvalue weighted by Gasteiger charge is -2.16. The monoisotopic (exact) mass is 349 g/mol. The van der Waals surface area contributed by atoms with Crippen LogP contribution in [0.3, 0.4) is 0 Å². The van der Waals surface area contributed by atoms with Crippen LogP contribution in [-0.2, 0) is 15.8 Å². The van der Waals surface area contributed by atoms with Crippen LogP contribution in [0.5, 0.6) is 0 Å². The van der Waals surface area contributed by atoms with Crippen LogP contribution in [0.4, 0.5) is 18.9 Å². The van der Waals surface area contributed by atoms with Gasteiger partial charge in [-0.25, -0.2) is 4.79 Å². The molecule has 0 atom stereocenters. The number of nitrogens with one attached hydrogen (secondary N) is 1. The van der Waals surface area contributed by atoms with Gasteiger partial charge in [0.05, 0.1) is 10.5 Å². The van der Waals surface area contributed by atoms with E-state index in [4.69, 9.17) is 5.11 Å². The van der Waals surface area contributed by atoms with Crippen molar-refractivity contribution in [2.45, 2.75) is 6.18 Å². The van der Waals surface area contributed by atoms with E-state index < -0.39 is 23.6 Å². The maximum atomic E-state index is 12.4. The highest BCUT2D eigenvalue weighted by Gasteiger charge is 2.30. The fourth-order valence-electron chi connectivity index (χ4n) is 1.68. The maximum Gasteiger partial charge on any atom is 0.416 e. The number of rotatable bonds is 3. The molecule has 0 unspecified atom stereocenters. The van der Waals surface area contributed by atoms with Crippen molar-refractivity contribution in [2.24, 2.45) is 0 Å². The van der Waals surface area contributed by atoms with E-state index >= 15 is 0 Å². The van der Waals surface area contributed by atoms with Crippen molar-refractivity contribution in [1.82, 2.24) is 0 Å². The largest absolute Gasteiger partial charge is 0.477 e. The predicted octanol–water partition coefficient (Wildman–Crippen LogP) is 3.42. The predicted molar refractivity (Wildman–Crippen MR) is 79.7 cm³/mol. The third-order valence-electron chi connectivity index (χ3n) is 2.65. The Kier molecular flexibility index (Phi) is 5.07. The Labute approximate surface area is 132 Å². The molecule has 9 heteroatoms. The molecule has 118 valence electrons. The Hall–Kier alpha value is -1.61. The summed E-state index contributed by atoms with van der Waals surface area (Å²) in [6.07, 6.45) is -4.45. The first-order chi connectivity index (χ1) is 10.3. The van der Waals surface area contributed by atoms with E-state index in [0.29, 0.717) is 11.5 Å². The van der Waals surface area contributed by atoms with Gasteiger partial charge in [-0.1, -0.05) is 0 Å². The molecule has 0 fully saturated rings. The molecule has 0 saturated heterocycles. The van der Waals surface area contributed by atoms with Crippen LogP contribution < -0.4 is 5.32 Å². The van der Waals surface area contributed by atoms with Crippen LogP contribution in [0.1, 0.15) is 5.56 Å². The van der Waals surface area contributed by atoms with Gasteiger partial charge < -0.3 is 10.4 Å². The number of carbonyl (C=O) groups is 2. The molecule has 0 saturated carbocycles. The maximum absolute atomic E-state index is 12.4. The van der Waals surface area contributed by atoms with Gasteiger partial charge in [-0.3, -0.25) is 4.79 Å². The van der Waals surface area contributed by atoms with Crippen molar-refractivity contribution in [3.63, 3.8) is 0 Å². The molecule has 1 aliphatic rings. The Morgan fingerprint density at radius 2 is 1.59 bits per heavy atom. The molecule has 2 N–H and O–H groups in total. The summed E-state index contributed by atoms with van der Waals surface area (Å²) < 4.78 is 37.3. The van der Waals surface area contributed by atoms with Crippen molar-refractivity contribution in [2.75, 3.05) is 16.8 Å². The fourth-order valence-corrected chi connectivity index (χ4v) is 3.85. The minimum absolute atomic E-state index is 0.0411. The first-order valence-corrected chi connectivity index (χ1v) is 7.98. The number of benzene rings is 1. The molecule has 0 aromatic heterocycles. The second-order valence-corrected chi connectivity index (χ2v) is 6.40. The van der Waals surface area contributed by atoms with Gasteiger partial charge in [-0.15, -0.1) is 23.5 Å². The standard InChI is InChI=1S/C13H10F3NO3S2/c14-13(15,16)7-1-3-8(4-2-7)17-11(18)9-10(12(19)20)22-6-5-21-9/h1-4H,5-6H2,(H,17,18)(H,19,20). The molecule has 22 heavy (non-hydrogen) atoms. The smallest absolute Gasteiger partial charge is 0.416 e. The second kappa shape index (κ2) is 6.66. The van der Waals surface area contributed by atoms with Gasteiger partial charge in [0.2, 0.25) is 0 Å². The summed E-state index contributed by atoms with van der Waals surface area (Å²) in [4.78, 5) is 23.2. The lowest BCUT2D eigenvalue weighted by atomic mass is 10.2. The molecule has 0 spiro atoms. The number of anilines is 1. The van der Waals surface area contributed by atoms with Crippen LogP contribution in [0.25, 0.3) is 0 Å². The molecular formula is C13H10F3NO3S2. The number of carboxylic acid groups (broad SMARTS) is 1. The first-order valence-electron chi connectivity index (χ1n) is 6.01. The fraction of sp³-hybridized carbons (Fsp3) is 0.231. The highest BCUT2D eigenvalue weighted by molar-refractivity contribution is 8.11. The third-order valence-corrected chi connectivity index (χ3v) is 5.20. The lowest BCUT2D eigenvalue weighted by molar-refractivity contribution is -0.137. The summed E-state index contributed by atoms with van der Waals surface area (Å²) in [6, 6.07) is 3.96. The highest BCUT2D eigenvalue weighted by atomic mass is 32.2. The Morgan fingerprint density at radius 1 is 1.05 bits per heavy atom. The molecule has 1 amide bonds. The molecule has 2 rings (SSSR count). The number of alkyl halides is 3. The Morgan fingerprint density at radius 3 is 2.09 bits per heavy atom. The summed E-state index contributed by atoms with van der Waals surface area (Å²) in [5, 5.41) is 11.5. The summed E-state index contributed by atoms with van der Waals surface area (Å²) in [7, 11) is 0. The molecule has 1 heterocycles. The molecule has 0 aliphatic carbocycles. The number of thioether (sulfide) groups is 2. The number of amides is 1. The number of hydrogen-bond donors (Lipinski definition) is 2. The van der Waals surface area contributed by atoms with Gasteiger partial charge in [0.1, 0.15) is 4.91 Å². The minimum Gasteiger partial charge on any atom is -0.477 e. The molecule has 0 bridgehead atoms. The molecular weight excluding hydrogens is 339 g/mol. The van der Waals surface area contributed by atoms with Crippen molar-refractivity contribution >= 4 is 41.1 Å². The average Bonchev–Trinajstić information content (AvgIpc) is 2.46. The number of carbonyl (C=O) groups excluding carboxylic acids is 1. The van der Waals surface area contributed by atoms with Crippen LogP contribution in [-0.4, -0.2) is 28.5 Å². The first kappa shape index (κ1) is 16.8. The topological polar surface area (TPSA) is 66.4 Å². The van der Waals surface area contributed by atoms with Gasteiger partial charge in [0.15, 0.2) is 0 Å². The zero-order valence-corrected chi connectivity index (χ0v) is 12.6.